The van der Waals surface area contributed by atoms with Crippen molar-refractivity contribution in [2.45, 2.75) is 75.7 Å². The summed E-state index contributed by atoms with van der Waals surface area (Å²) in [7, 11) is -3.90. The Balaban J connectivity index is 1.55. The van der Waals surface area contributed by atoms with Crippen molar-refractivity contribution >= 4 is 10.1 Å². The van der Waals surface area contributed by atoms with Crippen molar-refractivity contribution < 1.29 is 36.3 Å². The fourth-order valence-electron chi connectivity index (χ4n) is 3.77. The fraction of sp³-hybridized carbons (Fsp3) is 0.684. The molecule has 5 atom stereocenters. The molecule has 28 heavy (non-hydrogen) atoms. The van der Waals surface area contributed by atoms with Crippen molar-refractivity contribution in [2.24, 2.45) is 0 Å². The number of hydrogen-bond donors (Lipinski definition) is 0. The summed E-state index contributed by atoms with van der Waals surface area (Å²) in [6.45, 7) is 7.34. The monoisotopic (exact) mass is 414 g/mol. The molecule has 0 bridgehead atoms. The van der Waals surface area contributed by atoms with Gasteiger partial charge in [0.2, 0.25) is 0 Å². The predicted octanol–water partition coefficient (Wildman–Crippen LogP) is 1.93. The van der Waals surface area contributed by atoms with Crippen LogP contribution < -0.4 is 0 Å². The van der Waals surface area contributed by atoms with Crippen molar-refractivity contribution in [3.05, 3.63) is 35.9 Å². The topological polar surface area (TPSA) is 89.5 Å². The van der Waals surface area contributed by atoms with Gasteiger partial charge in [0.15, 0.2) is 17.9 Å². The van der Waals surface area contributed by atoms with E-state index >= 15 is 0 Å². The molecule has 3 heterocycles. The molecule has 3 aliphatic rings. The SMILES string of the molecule is CC1(C)OCC([C@H]2O[C@@H]3OC(C)(C)O[C@@H]3[C@@H]2OS(=O)(=O)Cc2ccccc2)O1. The predicted molar refractivity (Wildman–Crippen MR) is 97.5 cm³/mol. The van der Waals surface area contributed by atoms with Crippen LogP contribution in [0.4, 0.5) is 0 Å². The van der Waals surface area contributed by atoms with Gasteiger partial charge in [0.25, 0.3) is 10.1 Å². The fourth-order valence-corrected chi connectivity index (χ4v) is 5.00. The number of rotatable bonds is 5. The third-order valence-corrected chi connectivity index (χ3v) is 6.07. The molecule has 0 spiro atoms. The first-order valence-electron chi connectivity index (χ1n) is 9.31. The lowest BCUT2D eigenvalue weighted by Crippen LogP contribution is -2.45. The van der Waals surface area contributed by atoms with Crippen LogP contribution >= 0.6 is 0 Å². The maximum absolute atomic E-state index is 12.7. The number of fused-ring (bicyclic) bond motifs is 1. The zero-order valence-electron chi connectivity index (χ0n) is 16.4. The summed E-state index contributed by atoms with van der Waals surface area (Å²) in [5.74, 6) is -1.91. The zero-order valence-corrected chi connectivity index (χ0v) is 17.2. The molecular weight excluding hydrogens is 388 g/mol. The van der Waals surface area contributed by atoms with Crippen LogP contribution in [0.3, 0.4) is 0 Å². The lowest BCUT2D eigenvalue weighted by molar-refractivity contribution is -0.230. The molecule has 3 fully saturated rings. The van der Waals surface area contributed by atoms with Crippen LogP contribution in [0.5, 0.6) is 0 Å². The lowest BCUT2D eigenvalue weighted by Gasteiger charge is -2.28. The van der Waals surface area contributed by atoms with Gasteiger partial charge in [-0.05, 0) is 33.3 Å². The molecule has 0 amide bonds. The van der Waals surface area contributed by atoms with Crippen LogP contribution in [0, 0.1) is 0 Å². The van der Waals surface area contributed by atoms with Crippen LogP contribution in [-0.4, -0.2) is 57.3 Å². The third-order valence-electron chi connectivity index (χ3n) is 4.87. The van der Waals surface area contributed by atoms with Crippen LogP contribution in [0.2, 0.25) is 0 Å². The molecule has 0 N–H and O–H groups in total. The molecule has 0 saturated carbocycles. The van der Waals surface area contributed by atoms with Gasteiger partial charge in [-0.2, -0.15) is 8.42 Å². The number of hydrogen-bond acceptors (Lipinski definition) is 8. The van der Waals surface area contributed by atoms with Crippen molar-refractivity contribution in [3.8, 4) is 0 Å². The number of benzene rings is 1. The highest BCUT2D eigenvalue weighted by Gasteiger charge is 2.60. The van der Waals surface area contributed by atoms with E-state index in [1.165, 1.54) is 0 Å². The normalized spacial score (nSPS) is 36.5. The van der Waals surface area contributed by atoms with Crippen LogP contribution in [0.15, 0.2) is 30.3 Å². The molecule has 0 aromatic heterocycles. The minimum Gasteiger partial charge on any atom is -0.348 e. The first-order chi connectivity index (χ1) is 13.0. The van der Waals surface area contributed by atoms with Crippen molar-refractivity contribution in [1.82, 2.24) is 0 Å². The minimum absolute atomic E-state index is 0.244. The second kappa shape index (κ2) is 7.02. The van der Waals surface area contributed by atoms with E-state index in [0.29, 0.717) is 5.56 Å². The average molecular weight is 414 g/mol. The second-order valence-corrected chi connectivity index (χ2v) is 9.78. The molecule has 0 radical (unpaired) electrons. The van der Waals surface area contributed by atoms with Crippen molar-refractivity contribution in [3.63, 3.8) is 0 Å². The Hall–Kier alpha value is -1.07. The summed E-state index contributed by atoms with van der Waals surface area (Å²) in [4.78, 5) is 0. The van der Waals surface area contributed by atoms with E-state index in [4.69, 9.17) is 27.9 Å². The third kappa shape index (κ3) is 4.25. The first-order valence-corrected chi connectivity index (χ1v) is 10.9. The first kappa shape index (κ1) is 20.2. The van der Waals surface area contributed by atoms with E-state index in [2.05, 4.69) is 0 Å². The highest BCUT2D eigenvalue weighted by molar-refractivity contribution is 7.85. The van der Waals surface area contributed by atoms with Gasteiger partial charge in [-0.1, -0.05) is 30.3 Å². The second-order valence-electron chi connectivity index (χ2n) is 8.18. The smallest absolute Gasteiger partial charge is 0.271 e. The van der Waals surface area contributed by atoms with Gasteiger partial charge in [-0.15, -0.1) is 0 Å². The zero-order chi connectivity index (χ0) is 20.2. The molecule has 1 unspecified atom stereocenters. The average Bonchev–Trinajstić information content (AvgIpc) is 3.18. The van der Waals surface area contributed by atoms with E-state index in [9.17, 15) is 8.42 Å². The largest absolute Gasteiger partial charge is 0.348 e. The van der Waals surface area contributed by atoms with E-state index in [1.807, 2.05) is 6.07 Å². The summed E-state index contributed by atoms with van der Waals surface area (Å²) in [5, 5.41) is 0. The van der Waals surface area contributed by atoms with Gasteiger partial charge < -0.3 is 23.7 Å². The highest BCUT2D eigenvalue weighted by atomic mass is 32.2. The summed E-state index contributed by atoms with van der Waals surface area (Å²) < 4.78 is 60.2. The highest BCUT2D eigenvalue weighted by Crippen LogP contribution is 2.42. The Morgan fingerprint density at radius 2 is 1.71 bits per heavy atom. The Kier molecular flexibility index (Phi) is 5.06. The van der Waals surface area contributed by atoms with Crippen molar-refractivity contribution in [1.29, 1.82) is 0 Å². The van der Waals surface area contributed by atoms with E-state index in [0.717, 1.165) is 0 Å². The van der Waals surface area contributed by atoms with Crippen LogP contribution in [-0.2, 0) is 43.7 Å². The van der Waals surface area contributed by atoms with Gasteiger partial charge in [-0.25, -0.2) is 0 Å². The quantitative estimate of drug-likeness (QED) is 0.676. The lowest BCUT2D eigenvalue weighted by atomic mass is 10.1. The molecule has 4 rings (SSSR count). The van der Waals surface area contributed by atoms with Gasteiger partial charge in [0.1, 0.15) is 30.2 Å². The van der Waals surface area contributed by atoms with Gasteiger partial charge in [0, 0.05) is 0 Å². The summed E-state index contributed by atoms with van der Waals surface area (Å²) in [6, 6.07) is 8.87. The van der Waals surface area contributed by atoms with Gasteiger partial charge in [-0.3, -0.25) is 4.18 Å². The van der Waals surface area contributed by atoms with Gasteiger partial charge in [0.05, 0.1) is 6.61 Å². The molecule has 9 heteroatoms. The molecule has 3 saturated heterocycles. The molecular formula is C19H26O8S. The Morgan fingerprint density at radius 3 is 2.36 bits per heavy atom. The van der Waals surface area contributed by atoms with E-state index < -0.39 is 52.4 Å². The molecule has 0 aliphatic carbocycles. The maximum Gasteiger partial charge on any atom is 0.271 e. The summed E-state index contributed by atoms with van der Waals surface area (Å²) >= 11 is 0. The standard InChI is InChI=1S/C19H26O8S/c1-18(2)22-10-13(24-18)14-15(16-17(23-14)26-19(3,4)25-16)27-28(20,21)11-12-8-6-5-7-9-12/h5-9,13-17H,10-11H2,1-4H3/t13?,14-,15-,16-,17-/m1/s1. The number of ether oxygens (including phenoxy) is 5. The minimum atomic E-state index is -3.90. The Bertz CT molecular complexity index is 806. The Labute approximate surface area is 165 Å². The molecule has 1 aromatic carbocycles. The van der Waals surface area contributed by atoms with Crippen LogP contribution in [0.1, 0.15) is 33.3 Å². The van der Waals surface area contributed by atoms with Crippen LogP contribution in [0.25, 0.3) is 0 Å². The van der Waals surface area contributed by atoms with Gasteiger partial charge >= 0.3 is 0 Å². The maximum atomic E-state index is 12.7. The molecule has 8 nitrogen and oxygen atoms in total. The molecule has 3 aliphatic heterocycles. The summed E-state index contributed by atoms with van der Waals surface area (Å²) in [6.07, 6.45) is -3.50. The Morgan fingerprint density at radius 1 is 1.00 bits per heavy atom. The van der Waals surface area contributed by atoms with Crippen molar-refractivity contribution in [2.75, 3.05) is 6.61 Å². The molecule has 156 valence electrons. The van der Waals surface area contributed by atoms with E-state index in [-0.39, 0.29) is 12.4 Å². The molecule has 1 aromatic rings. The van der Waals surface area contributed by atoms with E-state index in [1.54, 1.807) is 52.0 Å². The summed E-state index contributed by atoms with van der Waals surface area (Å²) in [5.41, 5.74) is 0.639.